The maximum atomic E-state index is 11.2. The smallest absolute Gasteiger partial charge is 0.246 e. The van der Waals surface area contributed by atoms with Crippen molar-refractivity contribution in [1.82, 2.24) is 4.90 Å². The maximum absolute atomic E-state index is 11.2. The van der Waals surface area contributed by atoms with Crippen LogP contribution in [0, 0.1) is 0 Å². The minimum Gasteiger partial charge on any atom is -0.790 e. The van der Waals surface area contributed by atoms with Gasteiger partial charge in [-0.1, -0.05) is 6.08 Å². The van der Waals surface area contributed by atoms with Crippen molar-refractivity contribution in [2.24, 2.45) is 5.73 Å². The van der Waals surface area contributed by atoms with Crippen LogP contribution in [-0.2, 0) is 18.6 Å². The lowest BCUT2D eigenvalue weighted by Gasteiger charge is -2.30. The fraction of sp³-hybridized carbons (Fsp3) is 0.545. The number of aliphatic hydroxyl groups excluding tert-OH is 2. The van der Waals surface area contributed by atoms with Gasteiger partial charge in [0, 0.05) is 18.0 Å². The third-order valence-electron chi connectivity index (χ3n) is 3.26. The average Bonchev–Trinajstić information content (AvgIpc) is 2.72. The summed E-state index contributed by atoms with van der Waals surface area (Å²) in [5.41, 5.74) is 5.45. The highest BCUT2D eigenvalue weighted by Gasteiger charge is 2.45. The number of hydrogen-bond donors (Lipinski definition) is 3. The van der Waals surface area contributed by atoms with Gasteiger partial charge in [-0.25, -0.2) is 0 Å². The van der Waals surface area contributed by atoms with Gasteiger partial charge in [-0.05, 0) is 6.42 Å². The molecule has 2 heterocycles. The Morgan fingerprint density at radius 3 is 2.77 bits per heavy atom. The Morgan fingerprint density at radius 1 is 1.50 bits per heavy atom. The van der Waals surface area contributed by atoms with Gasteiger partial charge in [-0.3, -0.25) is 4.79 Å². The van der Waals surface area contributed by atoms with Crippen LogP contribution in [0.15, 0.2) is 24.0 Å². The molecule has 2 aliphatic rings. The number of phosphoric acid groups is 1. The number of hydrogen-bond acceptors (Lipinski definition) is 9. The van der Waals surface area contributed by atoms with Crippen LogP contribution >= 0.6 is 7.82 Å². The molecule has 1 amide bonds. The quantitative estimate of drug-likeness (QED) is 0.440. The van der Waals surface area contributed by atoms with Crippen LogP contribution in [-0.4, -0.2) is 52.2 Å². The molecule has 11 heteroatoms. The molecule has 124 valence electrons. The van der Waals surface area contributed by atoms with Gasteiger partial charge in [0.05, 0.1) is 14.4 Å². The Labute approximate surface area is 125 Å². The van der Waals surface area contributed by atoms with Crippen molar-refractivity contribution in [3.8, 4) is 0 Å². The van der Waals surface area contributed by atoms with Gasteiger partial charge in [0.15, 0.2) is 6.23 Å². The van der Waals surface area contributed by atoms with Crippen LogP contribution in [0.25, 0.3) is 0 Å². The van der Waals surface area contributed by atoms with Gasteiger partial charge < -0.3 is 44.5 Å². The van der Waals surface area contributed by atoms with Crippen molar-refractivity contribution in [2.45, 2.75) is 31.0 Å². The van der Waals surface area contributed by atoms with Crippen molar-refractivity contribution >= 4 is 13.7 Å². The van der Waals surface area contributed by atoms with Crippen LogP contribution in [0.3, 0.4) is 0 Å². The number of amides is 1. The summed E-state index contributed by atoms with van der Waals surface area (Å²) < 4.78 is 19.8. The van der Waals surface area contributed by atoms with E-state index in [2.05, 4.69) is 4.52 Å². The normalized spacial score (nSPS) is 32.2. The third-order valence-corrected chi connectivity index (χ3v) is 3.73. The van der Waals surface area contributed by atoms with Crippen LogP contribution in [0.2, 0.25) is 0 Å². The summed E-state index contributed by atoms with van der Waals surface area (Å²) in [6.45, 7) is -0.719. The molecular formula is C11H15N2O8P-2. The lowest BCUT2D eigenvalue weighted by molar-refractivity contribution is -0.343. The number of carbonyl (C=O) groups is 1. The van der Waals surface area contributed by atoms with Gasteiger partial charge in [-0.2, -0.15) is 0 Å². The predicted octanol–water partition coefficient (Wildman–Crippen LogP) is -3.13. The number of nitrogens with zero attached hydrogens (tertiary/aromatic N) is 1. The van der Waals surface area contributed by atoms with Gasteiger partial charge in [0.1, 0.15) is 18.3 Å². The molecule has 0 bridgehead atoms. The summed E-state index contributed by atoms with van der Waals surface area (Å²) in [5.74, 6) is -0.638. The molecule has 0 aromatic carbocycles. The standard InChI is InChI=1S/C11H17N2O8P/c12-10(16)6-2-1-3-13(4-6)11-9(15)8(14)7(21-11)5-20-22(17,18)19/h1,3-4,7-9,11,14-15H,2,5H2,(H2,12,16)(H2,17,18,19)/p-2/t7-,8-,9-,11-/m1/s1. The molecule has 4 N–H and O–H groups in total. The zero-order valence-electron chi connectivity index (χ0n) is 11.3. The zero-order valence-corrected chi connectivity index (χ0v) is 12.2. The monoisotopic (exact) mass is 334 g/mol. The largest absolute Gasteiger partial charge is 0.790 e. The first kappa shape index (κ1) is 17.1. The molecule has 10 nitrogen and oxygen atoms in total. The number of nitrogens with two attached hydrogens (primary N) is 1. The molecule has 1 saturated heterocycles. The molecule has 0 spiro atoms. The number of carbonyl (C=O) groups excluding carboxylic acids is 1. The summed E-state index contributed by atoms with van der Waals surface area (Å²) in [4.78, 5) is 33.4. The average molecular weight is 334 g/mol. The molecule has 2 aliphatic heterocycles. The van der Waals surface area contributed by atoms with Gasteiger partial charge in [-0.15, -0.1) is 0 Å². The molecule has 0 aromatic heterocycles. The Balaban J connectivity index is 2.06. The van der Waals surface area contributed by atoms with Crippen molar-refractivity contribution in [3.63, 3.8) is 0 Å². The van der Waals surface area contributed by atoms with E-state index < -0.39 is 44.9 Å². The molecule has 2 rings (SSSR count). The number of ether oxygens (including phenoxy) is 1. The molecule has 22 heavy (non-hydrogen) atoms. The van der Waals surface area contributed by atoms with Crippen LogP contribution < -0.4 is 15.5 Å². The van der Waals surface area contributed by atoms with Crippen LogP contribution in [0.5, 0.6) is 0 Å². The highest BCUT2D eigenvalue weighted by atomic mass is 31.2. The number of aliphatic hydroxyl groups is 2. The van der Waals surface area contributed by atoms with Crippen LogP contribution in [0.4, 0.5) is 0 Å². The maximum Gasteiger partial charge on any atom is 0.246 e. The summed E-state index contributed by atoms with van der Waals surface area (Å²) in [6, 6.07) is 0. The first-order chi connectivity index (χ1) is 10.2. The highest BCUT2D eigenvalue weighted by Crippen LogP contribution is 2.31. The van der Waals surface area contributed by atoms with E-state index in [1.165, 1.54) is 17.3 Å². The van der Waals surface area contributed by atoms with Crippen molar-refractivity contribution in [2.75, 3.05) is 6.61 Å². The molecule has 1 fully saturated rings. The van der Waals surface area contributed by atoms with E-state index in [0.717, 1.165) is 0 Å². The SMILES string of the molecule is NC(=O)C1=CN([C@@H]2O[C@H](COP(=O)([O-])[O-])[C@@H](O)[C@H]2O)C=CC1. The number of rotatable bonds is 5. The molecule has 0 aromatic rings. The van der Waals surface area contributed by atoms with E-state index in [1.807, 2.05) is 0 Å². The molecule has 4 atom stereocenters. The summed E-state index contributed by atoms with van der Waals surface area (Å²) in [5, 5.41) is 19.8. The van der Waals surface area contributed by atoms with Crippen LogP contribution in [0.1, 0.15) is 6.42 Å². The summed E-state index contributed by atoms with van der Waals surface area (Å²) >= 11 is 0. The lowest BCUT2D eigenvalue weighted by atomic mass is 10.1. The molecule has 0 unspecified atom stereocenters. The minimum absolute atomic E-state index is 0.274. The first-order valence-corrected chi connectivity index (χ1v) is 7.78. The van der Waals surface area contributed by atoms with E-state index in [9.17, 15) is 29.4 Å². The van der Waals surface area contributed by atoms with Gasteiger partial charge in [0.2, 0.25) is 5.91 Å². The fourth-order valence-corrected chi connectivity index (χ4v) is 2.51. The lowest BCUT2D eigenvalue weighted by Crippen LogP contribution is -2.40. The molecule has 0 saturated carbocycles. The molecule has 0 aliphatic carbocycles. The van der Waals surface area contributed by atoms with E-state index in [4.69, 9.17) is 10.5 Å². The second kappa shape index (κ2) is 6.47. The second-order valence-electron chi connectivity index (χ2n) is 4.84. The van der Waals surface area contributed by atoms with E-state index >= 15 is 0 Å². The molecular weight excluding hydrogens is 319 g/mol. The highest BCUT2D eigenvalue weighted by molar-refractivity contribution is 7.43. The predicted molar refractivity (Wildman–Crippen MR) is 67.1 cm³/mol. The summed E-state index contributed by atoms with van der Waals surface area (Å²) in [6.07, 6.45) is -0.351. The van der Waals surface area contributed by atoms with E-state index in [-0.39, 0.29) is 5.57 Å². The van der Waals surface area contributed by atoms with Gasteiger partial charge >= 0.3 is 0 Å². The Kier molecular flexibility index (Phi) is 5.03. The molecule has 0 radical (unpaired) electrons. The van der Waals surface area contributed by atoms with E-state index in [0.29, 0.717) is 6.42 Å². The Bertz CT molecular complexity index is 544. The minimum atomic E-state index is -5.21. The van der Waals surface area contributed by atoms with Crippen molar-refractivity contribution in [1.29, 1.82) is 0 Å². The second-order valence-corrected chi connectivity index (χ2v) is 6.00. The van der Waals surface area contributed by atoms with E-state index in [1.54, 1.807) is 6.08 Å². The number of phosphoric ester groups is 1. The topological polar surface area (TPSA) is 168 Å². The number of allylic oxidation sites excluding steroid dienone is 1. The number of primary amides is 1. The third kappa shape index (κ3) is 3.93. The Morgan fingerprint density at radius 2 is 2.18 bits per heavy atom. The fourth-order valence-electron chi connectivity index (χ4n) is 2.18. The van der Waals surface area contributed by atoms with Crippen molar-refractivity contribution < 1.29 is 38.6 Å². The summed E-state index contributed by atoms with van der Waals surface area (Å²) in [7, 11) is -5.21. The van der Waals surface area contributed by atoms with Gasteiger partial charge in [0.25, 0.3) is 0 Å². The van der Waals surface area contributed by atoms with Crippen molar-refractivity contribution in [3.05, 3.63) is 24.0 Å². The zero-order chi connectivity index (χ0) is 16.5. The first-order valence-electron chi connectivity index (χ1n) is 6.32. The Hall–Kier alpha value is -1.26.